The number of aromatic amines is 1. The highest BCUT2D eigenvalue weighted by Crippen LogP contribution is 2.40. The topological polar surface area (TPSA) is 93.6 Å². The highest BCUT2D eigenvalue weighted by Gasteiger charge is 2.45. The number of hydrogen-bond donors (Lipinski definition) is 2. The molecule has 0 saturated carbocycles. The number of H-pyrrole nitrogens is 1. The molecule has 1 aliphatic heterocycles. The van der Waals surface area contributed by atoms with Crippen molar-refractivity contribution in [1.82, 2.24) is 9.55 Å². The van der Waals surface area contributed by atoms with Gasteiger partial charge in [0.25, 0.3) is 5.56 Å². The van der Waals surface area contributed by atoms with Crippen molar-refractivity contribution in [1.29, 1.82) is 0 Å². The molecule has 1 fully saturated rings. The monoisotopic (exact) mass is 356 g/mol. The molecule has 1 unspecified atom stereocenters. The summed E-state index contributed by atoms with van der Waals surface area (Å²) in [5, 5.41) is 9.67. The van der Waals surface area contributed by atoms with Gasteiger partial charge < -0.3 is 14.3 Å². The third-order valence-corrected chi connectivity index (χ3v) is 9.57. The summed E-state index contributed by atoms with van der Waals surface area (Å²) in [6, 6.07) is 0. The maximum absolute atomic E-state index is 12.1. The Bertz CT molecular complexity index is 704. The van der Waals surface area contributed by atoms with E-state index in [0.29, 0.717) is 12.0 Å². The molecule has 1 aliphatic rings. The molecule has 2 rings (SSSR count). The van der Waals surface area contributed by atoms with Gasteiger partial charge in [0.1, 0.15) is 12.3 Å². The number of rotatable bonds is 4. The van der Waals surface area contributed by atoms with E-state index >= 15 is 0 Å². The Balaban J connectivity index is 2.25. The van der Waals surface area contributed by atoms with Gasteiger partial charge in [0.15, 0.2) is 8.32 Å². The Morgan fingerprint density at radius 2 is 2.04 bits per heavy atom. The van der Waals surface area contributed by atoms with E-state index in [2.05, 4.69) is 38.8 Å². The fourth-order valence-corrected chi connectivity index (χ4v) is 3.87. The summed E-state index contributed by atoms with van der Waals surface area (Å²) in [5.74, 6) is 0. The lowest BCUT2D eigenvalue weighted by Gasteiger charge is -2.39. The zero-order valence-corrected chi connectivity index (χ0v) is 16.3. The first-order valence-electron chi connectivity index (χ1n) is 8.22. The van der Waals surface area contributed by atoms with Crippen LogP contribution in [0.2, 0.25) is 18.1 Å². The second kappa shape index (κ2) is 6.59. The van der Waals surface area contributed by atoms with Crippen molar-refractivity contribution in [2.45, 2.75) is 70.7 Å². The van der Waals surface area contributed by atoms with Crippen molar-refractivity contribution in [2.75, 3.05) is 6.61 Å². The Hall–Kier alpha value is -1.22. The maximum Gasteiger partial charge on any atom is 0.330 e. The van der Waals surface area contributed by atoms with Gasteiger partial charge in [0, 0.05) is 18.2 Å². The van der Waals surface area contributed by atoms with Gasteiger partial charge in [0.2, 0.25) is 0 Å². The Morgan fingerprint density at radius 3 is 2.58 bits per heavy atom. The molecule has 0 spiro atoms. The van der Waals surface area contributed by atoms with Crippen LogP contribution in [0.15, 0.2) is 15.8 Å². The maximum atomic E-state index is 12.1. The minimum atomic E-state index is -2.03. The second-order valence-corrected chi connectivity index (χ2v) is 12.7. The minimum Gasteiger partial charge on any atom is -0.411 e. The van der Waals surface area contributed by atoms with Crippen LogP contribution in [0.25, 0.3) is 0 Å². The molecule has 7 nitrogen and oxygen atoms in total. The van der Waals surface area contributed by atoms with Gasteiger partial charge in [-0.1, -0.05) is 20.8 Å². The quantitative estimate of drug-likeness (QED) is 0.798. The highest BCUT2D eigenvalue weighted by atomic mass is 28.4. The largest absolute Gasteiger partial charge is 0.411 e. The first-order chi connectivity index (χ1) is 11.0. The van der Waals surface area contributed by atoms with Crippen molar-refractivity contribution in [3.63, 3.8) is 0 Å². The molecule has 3 atom stereocenters. The lowest BCUT2D eigenvalue weighted by Crippen LogP contribution is -2.46. The summed E-state index contributed by atoms with van der Waals surface area (Å²) in [6.45, 7) is 12.2. The molecule has 1 aromatic heterocycles. The molecule has 1 aromatic rings. The van der Waals surface area contributed by atoms with Crippen LogP contribution in [-0.2, 0) is 9.16 Å². The minimum absolute atomic E-state index is 0.0382. The first kappa shape index (κ1) is 19.1. The van der Waals surface area contributed by atoms with Crippen LogP contribution in [-0.4, -0.2) is 41.8 Å². The van der Waals surface area contributed by atoms with Crippen LogP contribution in [0.4, 0.5) is 0 Å². The van der Waals surface area contributed by atoms with Gasteiger partial charge in [-0.3, -0.25) is 14.3 Å². The zero-order valence-electron chi connectivity index (χ0n) is 15.3. The van der Waals surface area contributed by atoms with Crippen LogP contribution >= 0.6 is 0 Å². The molecule has 136 valence electrons. The number of aryl methyl sites for hydroxylation is 1. The predicted molar refractivity (Wildman–Crippen MR) is 93.7 cm³/mol. The number of nitrogens with zero attached hydrogens (tertiary/aromatic N) is 1. The van der Waals surface area contributed by atoms with Crippen molar-refractivity contribution >= 4 is 8.32 Å². The van der Waals surface area contributed by atoms with Gasteiger partial charge in [-0.15, -0.1) is 0 Å². The molecule has 2 N–H and O–H groups in total. The van der Waals surface area contributed by atoms with Crippen molar-refractivity contribution in [2.24, 2.45) is 0 Å². The first-order valence-corrected chi connectivity index (χ1v) is 11.1. The number of aliphatic hydroxyl groups excluding tert-OH is 1. The van der Waals surface area contributed by atoms with E-state index < -0.39 is 31.9 Å². The molecule has 8 heteroatoms. The van der Waals surface area contributed by atoms with E-state index in [-0.39, 0.29) is 17.7 Å². The van der Waals surface area contributed by atoms with E-state index in [4.69, 9.17) is 9.16 Å². The molecule has 1 saturated heterocycles. The lowest BCUT2D eigenvalue weighted by atomic mass is 10.2. The van der Waals surface area contributed by atoms with Gasteiger partial charge in [-0.05, 0) is 25.1 Å². The second-order valence-electron chi connectivity index (χ2n) is 7.94. The van der Waals surface area contributed by atoms with E-state index in [1.807, 2.05) is 0 Å². The van der Waals surface area contributed by atoms with Gasteiger partial charge in [-0.2, -0.15) is 0 Å². The third-order valence-electron chi connectivity index (χ3n) is 5.07. The normalized spacial score (nSPS) is 25.2. The van der Waals surface area contributed by atoms with Crippen LogP contribution in [0.1, 0.15) is 39.0 Å². The molecular formula is C16H28N2O5Si. The number of aliphatic hydroxyl groups is 1. The number of ether oxygens (including phenoxy) is 1. The van der Waals surface area contributed by atoms with Gasteiger partial charge in [-0.25, -0.2) is 4.79 Å². The van der Waals surface area contributed by atoms with Crippen molar-refractivity contribution in [3.8, 4) is 0 Å². The summed E-state index contributed by atoms with van der Waals surface area (Å²) in [4.78, 5) is 25.9. The van der Waals surface area contributed by atoms with E-state index in [9.17, 15) is 14.7 Å². The SMILES string of the molecule is Cc1cn([C@H]2CC(O[Si](C)(C)C(C)(C)C)[C@@H](CO)O2)c(=O)[nH]c1=O. The smallest absolute Gasteiger partial charge is 0.330 e. The molecule has 0 radical (unpaired) electrons. The lowest BCUT2D eigenvalue weighted by molar-refractivity contribution is -0.0439. The molecular weight excluding hydrogens is 328 g/mol. The number of hydrogen-bond acceptors (Lipinski definition) is 5. The van der Waals surface area contributed by atoms with E-state index in [0.717, 1.165) is 0 Å². The molecule has 2 heterocycles. The van der Waals surface area contributed by atoms with Gasteiger partial charge in [0.05, 0.1) is 12.7 Å². The number of aromatic nitrogens is 2. The Labute approximate surface area is 142 Å². The molecule has 0 amide bonds. The average molecular weight is 356 g/mol. The zero-order chi connectivity index (χ0) is 18.3. The molecule has 0 aliphatic carbocycles. The summed E-state index contributed by atoms with van der Waals surface area (Å²) in [6.07, 6.45) is 0.640. The molecule has 0 bridgehead atoms. The summed E-state index contributed by atoms with van der Waals surface area (Å²) < 4.78 is 13.6. The van der Waals surface area contributed by atoms with E-state index in [1.165, 1.54) is 10.8 Å². The van der Waals surface area contributed by atoms with Gasteiger partial charge >= 0.3 is 5.69 Å². The summed E-state index contributed by atoms with van der Waals surface area (Å²) in [7, 11) is -2.03. The summed E-state index contributed by atoms with van der Waals surface area (Å²) in [5.41, 5.74) is -0.477. The number of nitrogens with one attached hydrogen (secondary N) is 1. The van der Waals surface area contributed by atoms with Crippen LogP contribution in [0, 0.1) is 6.92 Å². The fourth-order valence-electron chi connectivity index (χ4n) is 2.51. The Kier molecular flexibility index (Phi) is 5.24. The molecule has 0 aromatic carbocycles. The third kappa shape index (κ3) is 3.71. The summed E-state index contributed by atoms with van der Waals surface area (Å²) >= 11 is 0. The van der Waals surface area contributed by atoms with E-state index in [1.54, 1.807) is 6.92 Å². The average Bonchev–Trinajstić information content (AvgIpc) is 2.83. The van der Waals surface area contributed by atoms with Crippen LogP contribution in [0.5, 0.6) is 0 Å². The molecule has 24 heavy (non-hydrogen) atoms. The standard InChI is InChI=1S/C16H28N2O5Si/c1-10-8-18(15(21)17-14(10)20)13-7-11(12(9-19)22-13)23-24(5,6)16(2,3)4/h8,11-13,19H,7,9H2,1-6H3,(H,17,20,21)/t11?,12-,13-/m1/s1. The Morgan fingerprint density at radius 1 is 1.42 bits per heavy atom. The van der Waals surface area contributed by atoms with Crippen LogP contribution < -0.4 is 11.2 Å². The van der Waals surface area contributed by atoms with Crippen molar-refractivity contribution < 1.29 is 14.3 Å². The highest BCUT2D eigenvalue weighted by molar-refractivity contribution is 6.74. The van der Waals surface area contributed by atoms with Crippen LogP contribution in [0.3, 0.4) is 0 Å². The predicted octanol–water partition coefficient (Wildman–Crippen LogP) is 1.52. The van der Waals surface area contributed by atoms with Crippen molar-refractivity contribution in [3.05, 3.63) is 32.6 Å². The fraction of sp³-hybridized carbons (Fsp3) is 0.750.